The van der Waals surface area contributed by atoms with Gasteiger partial charge in [0.1, 0.15) is 0 Å². The summed E-state index contributed by atoms with van der Waals surface area (Å²) in [5.41, 5.74) is 6.54. The fraction of sp³-hybridized carbons (Fsp3) is 1.00. The zero-order chi connectivity index (χ0) is 10.5. The summed E-state index contributed by atoms with van der Waals surface area (Å²) in [5, 5.41) is 0. The van der Waals surface area contributed by atoms with Gasteiger partial charge >= 0.3 is 0 Å². The first-order valence-electron chi connectivity index (χ1n) is 6.89. The Kier molecular flexibility index (Phi) is 2.35. The van der Waals surface area contributed by atoms with Crippen molar-refractivity contribution in [3.05, 3.63) is 0 Å². The van der Waals surface area contributed by atoms with Crippen molar-refractivity contribution in [2.24, 2.45) is 34.8 Å². The van der Waals surface area contributed by atoms with Gasteiger partial charge in [-0.05, 0) is 80.6 Å². The first-order valence-corrected chi connectivity index (χ1v) is 6.89. The summed E-state index contributed by atoms with van der Waals surface area (Å²) in [4.78, 5) is 0. The number of rotatable bonds is 3. The van der Waals surface area contributed by atoms with E-state index in [1.807, 2.05) is 0 Å². The Morgan fingerprint density at radius 2 is 1.53 bits per heavy atom. The fourth-order valence-electron chi connectivity index (χ4n) is 5.36. The van der Waals surface area contributed by atoms with Gasteiger partial charge in [-0.2, -0.15) is 0 Å². The molecular weight excluding hydrogens is 182 g/mol. The lowest BCUT2D eigenvalue weighted by Crippen LogP contribution is -2.47. The maximum Gasteiger partial charge on any atom is -0.00513 e. The molecule has 86 valence electrons. The van der Waals surface area contributed by atoms with Crippen LogP contribution in [-0.2, 0) is 0 Å². The van der Waals surface area contributed by atoms with E-state index in [2.05, 4.69) is 6.92 Å². The average Bonchev–Trinajstić information content (AvgIpc) is 2.14. The van der Waals surface area contributed by atoms with E-state index in [1.54, 1.807) is 38.5 Å². The molecule has 4 bridgehead atoms. The van der Waals surface area contributed by atoms with Crippen LogP contribution in [0.15, 0.2) is 0 Å². The Bertz CT molecular complexity index is 210. The molecule has 0 aliphatic heterocycles. The van der Waals surface area contributed by atoms with Crippen LogP contribution in [0.25, 0.3) is 0 Å². The fourth-order valence-corrected chi connectivity index (χ4v) is 5.36. The molecule has 0 saturated heterocycles. The van der Waals surface area contributed by atoms with Gasteiger partial charge in [-0.25, -0.2) is 0 Å². The normalized spacial score (nSPS) is 49.6. The summed E-state index contributed by atoms with van der Waals surface area (Å²) >= 11 is 0. The average molecular weight is 207 g/mol. The molecule has 4 aliphatic carbocycles. The van der Waals surface area contributed by atoms with Gasteiger partial charge in [0.25, 0.3) is 0 Å². The van der Waals surface area contributed by atoms with Crippen LogP contribution in [-0.4, -0.2) is 6.54 Å². The Morgan fingerprint density at radius 1 is 1.07 bits per heavy atom. The van der Waals surface area contributed by atoms with E-state index in [1.165, 1.54) is 6.42 Å². The minimum absolute atomic E-state index is 0.744. The van der Waals surface area contributed by atoms with Crippen molar-refractivity contribution in [1.29, 1.82) is 0 Å². The molecule has 4 saturated carbocycles. The van der Waals surface area contributed by atoms with E-state index in [0.29, 0.717) is 0 Å². The second-order valence-electron chi connectivity index (χ2n) is 6.96. The predicted octanol–water partition coefficient (Wildman–Crippen LogP) is 3.19. The van der Waals surface area contributed by atoms with E-state index >= 15 is 0 Å². The van der Waals surface area contributed by atoms with Crippen LogP contribution in [0.2, 0.25) is 0 Å². The van der Waals surface area contributed by atoms with Crippen molar-refractivity contribution >= 4 is 0 Å². The highest BCUT2D eigenvalue weighted by molar-refractivity contribution is 5.01. The molecule has 4 rings (SSSR count). The van der Waals surface area contributed by atoms with E-state index < -0.39 is 0 Å². The lowest BCUT2D eigenvalue weighted by atomic mass is 9.48. The molecule has 1 heteroatoms. The summed E-state index contributed by atoms with van der Waals surface area (Å²) in [7, 11) is 0. The first kappa shape index (κ1) is 10.1. The van der Waals surface area contributed by atoms with E-state index in [9.17, 15) is 0 Å². The van der Waals surface area contributed by atoms with E-state index in [4.69, 9.17) is 5.73 Å². The molecule has 1 unspecified atom stereocenters. The van der Waals surface area contributed by atoms with Gasteiger partial charge in [-0.15, -0.1) is 0 Å². The maximum absolute atomic E-state index is 5.80. The molecule has 0 radical (unpaired) electrons. The lowest BCUT2D eigenvalue weighted by molar-refractivity contribution is -0.0637. The monoisotopic (exact) mass is 207 g/mol. The van der Waals surface area contributed by atoms with Gasteiger partial charge in [0.15, 0.2) is 0 Å². The van der Waals surface area contributed by atoms with E-state index in [0.717, 1.165) is 35.6 Å². The van der Waals surface area contributed by atoms with Crippen LogP contribution in [0.1, 0.15) is 51.9 Å². The standard InChI is InChI=1S/C14H25N/c1-10(9-15)5-14-6-11-2-12(7-14)4-13(3-11)8-14/h10-13H,2-9,15H2,1H3. The molecule has 0 heterocycles. The van der Waals surface area contributed by atoms with Crippen LogP contribution in [0.5, 0.6) is 0 Å². The summed E-state index contributed by atoms with van der Waals surface area (Å²) in [6, 6.07) is 0. The molecule has 0 amide bonds. The molecule has 0 aromatic rings. The highest BCUT2D eigenvalue weighted by Crippen LogP contribution is 2.61. The van der Waals surface area contributed by atoms with Gasteiger partial charge < -0.3 is 5.73 Å². The summed E-state index contributed by atoms with van der Waals surface area (Å²) in [6.45, 7) is 3.24. The Hall–Kier alpha value is -0.0400. The Morgan fingerprint density at radius 3 is 1.93 bits per heavy atom. The third-order valence-corrected chi connectivity index (χ3v) is 5.35. The number of hydrogen-bond acceptors (Lipinski definition) is 1. The van der Waals surface area contributed by atoms with Crippen LogP contribution in [0, 0.1) is 29.1 Å². The number of hydrogen-bond donors (Lipinski definition) is 1. The van der Waals surface area contributed by atoms with Crippen molar-refractivity contribution < 1.29 is 0 Å². The topological polar surface area (TPSA) is 26.0 Å². The number of nitrogens with two attached hydrogens (primary N) is 1. The summed E-state index contributed by atoms with van der Waals surface area (Å²) in [6.07, 6.45) is 10.8. The molecule has 4 fully saturated rings. The van der Waals surface area contributed by atoms with Crippen molar-refractivity contribution in [3.8, 4) is 0 Å². The van der Waals surface area contributed by atoms with Crippen molar-refractivity contribution in [1.82, 2.24) is 0 Å². The first-order chi connectivity index (χ1) is 7.19. The third-order valence-electron chi connectivity index (χ3n) is 5.35. The Labute approximate surface area is 93.8 Å². The molecule has 1 atom stereocenters. The van der Waals surface area contributed by atoms with Gasteiger partial charge in [0, 0.05) is 0 Å². The molecular formula is C14H25N. The quantitative estimate of drug-likeness (QED) is 0.755. The van der Waals surface area contributed by atoms with Gasteiger partial charge in [0.05, 0.1) is 0 Å². The SMILES string of the molecule is CC(CN)CC12CC3CC(CC(C3)C1)C2. The largest absolute Gasteiger partial charge is 0.330 e. The lowest BCUT2D eigenvalue weighted by Gasteiger charge is -2.57. The molecule has 1 nitrogen and oxygen atoms in total. The Balaban J connectivity index is 1.75. The van der Waals surface area contributed by atoms with Crippen molar-refractivity contribution in [2.45, 2.75) is 51.9 Å². The van der Waals surface area contributed by atoms with Crippen molar-refractivity contribution in [3.63, 3.8) is 0 Å². The van der Waals surface area contributed by atoms with Crippen LogP contribution in [0.4, 0.5) is 0 Å². The minimum Gasteiger partial charge on any atom is -0.330 e. The molecule has 0 spiro atoms. The second-order valence-corrected chi connectivity index (χ2v) is 6.96. The van der Waals surface area contributed by atoms with E-state index in [-0.39, 0.29) is 0 Å². The van der Waals surface area contributed by atoms with Crippen LogP contribution < -0.4 is 5.73 Å². The highest BCUT2D eigenvalue weighted by Gasteiger charge is 2.50. The smallest absolute Gasteiger partial charge is 0.00513 e. The van der Waals surface area contributed by atoms with Gasteiger partial charge in [-0.1, -0.05) is 6.92 Å². The predicted molar refractivity (Wildman–Crippen MR) is 63.4 cm³/mol. The molecule has 0 aromatic heterocycles. The molecule has 2 N–H and O–H groups in total. The van der Waals surface area contributed by atoms with Crippen LogP contribution in [0.3, 0.4) is 0 Å². The summed E-state index contributed by atoms with van der Waals surface area (Å²) < 4.78 is 0. The maximum atomic E-state index is 5.80. The van der Waals surface area contributed by atoms with Crippen molar-refractivity contribution in [2.75, 3.05) is 6.54 Å². The van der Waals surface area contributed by atoms with Gasteiger partial charge in [0.2, 0.25) is 0 Å². The third kappa shape index (κ3) is 1.73. The summed E-state index contributed by atoms with van der Waals surface area (Å²) in [5.74, 6) is 4.05. The van der Waals surface area contributed by atoms with Crippen LogP contribution >= 0.6 is 0 Å². The van der Waals surface area contributed by atoms with Gasteiger partial charge in [-0.3, -0.25) is 0 Å². The second kappa shape index (κ2) is 3.48. The zero-order valence-corrected chi connectivity index (χ0v) is 10.0. The molecule has 0 aromatic carbocycles. The molecule has 4 aliphatic rings. The zero-order valence-electron chi connectivity index (χ0n) is 10.0. The highest BCUT2D eigenvalue weighted by atomic mass is 14.6. The molecule has 15 heavy (non-hydrogen) atoms. The minimum atomic E-state index is 0.744.